The fourth-order valence-electron chi connectivity index (χ4n) is 0.115. The monoisotopic (exact) mass is 98.1 g/mol. The van der Waals surface area contributed by atoms with E-state index in [1.807, 2.05) is 25.9 Å². The van der Waals surface area contributed by atoms with Crippen molar-refractivity contribution in [2.24, 2.45) is 0 Å². The number of nitriles is 1. The first kappa shape index (κ1) is 6.45. The molecule has 0 rings (SSSR count). The summed E-state index contributed by atoms with van der Waals surface area (Å²) in [5.74, 6) is 0. The molecule has 40 valence electrons. The van der Waals surface area contributed by atoms with Crippen molar-refractivity contribution in [2.75, 3.05) is 14.1 Å². The van der Waals surface area contributed by atoms with E-state index in [9.17, 15) is 0 Å². The first-order valence-corrected chi connectivity index (χ1v) is 2.24. The zero-order chi connectivity index (χ0) is 5.86. The van der Waals surface area contributed by atoms with Gasteiger partial charge in [-0.2, -0.15) is 5.26 Å². The molecule has 0 aromatic rings. The predicted octanol–water partition coefficient (Wildman–Crippen LogP) is 0.460. The van der Waals surface area contributed by atoms with E-state index in [0.717, 1.165) is 0 Å². The third-order valence-electron chi connectivity index (χ3n) is 0.961. The zero-order valence-electron chi connectivity index (χ0n) is 4.97. The number of hydrogen-bond donors (Lipinski definition) is 0. The van der Waals surface area contributed by atoms with Crippen LogP contribution in [-0.4, -0.2) is 25.0 Å². The molecule has 0 amide bonds. The molecule has 7 heavy (non-hydrogen) atoms. The van der Waals surface area contributed by atoms with E-state index >= 15 is 0 Å². The van der Waals surface area contributed by atoms with Gasteiger partial charge in [0, 0.05) is 0 Å². The molecule has 0 bridgehead atoms. The van der Waals surface area contributed by atoms with Crippen LogP contribution in [0.15, 0.2) is 0 Å². The molecule has 0 heterocycles. The smallest absolute Gasteiger partial charge is 0.0944 e. The van der Waals surface area contributed by atoms with Crippen molar-refractivity contribution in [1.82, 2.24) is 4.90 Å². The lowest BCUT2D eigenvalue weighted by atomic mass is 10.4. The molecule has 1 atom stereocenters. The largest absolute Gasteiger partial charge is 0.294 e. The molecule has 2 heteroatoms. The van der Waals surface area contributed by atoms with Crippen molar-refractivity contribution in [3.63, 3.8) is 0 Å². The lowest BCUT2D eigenvalue weighted by molar-refractivity contribution is 0.371. The molecule has 0 N–H and O–H groups in total. The summed E-state index contributed by atoms with van der Waals surface area (Å²) < 4.78 is 0. The number of hydrogen-bond acceptors (Lipinski definition) is 2. The van der Waals surface area contributed by atoms with Gasteiger partial charge in [-0.05, 0) is 21.0 Å². The summed E-state index contributed by atoms with van der Waals surface area (Å²) in [6.07, 6.45) is 0. The van der Waals surface area contributed by atoms with E-state index < -0.39 is 0 Å². The molecule has 0 aliphatic heterocycles. The first-order chi connectivity index (χ1) is 3.18. The second kappa shape index (κ2) is 2.59. The van der Waals surface area contributed by atoms with E-state index in [1.165, 1.54) is 0 Å². The van der Waals surface area contributed by atoms with Gasteiger partial charge in [0.25, 0.3) is 0 Å². The zero-order valence-corrected chi connectivity index (χ0v) is 4.97. The maximum absolute atomic E-state index is 8.21. The van der Waals surface area contributed by atoms with Crippen LogP contribution >= 0.6 is 0 Å². The highest BCUT2D eigenvalue weighted by molar-refractivity contribution is 4.84. The normalized spacial score (nSPS) is 13.6. The van der Waals surface area contributed by atoms with Crippen molar-refractivity contribution < 1.29 is 0 Å². The minimum absolute atomic E-state index is 0.0417. The standard InChI is InChI=1S/C5H10N2/c1-5(4-6)7(2)3/h5H,1-3H3/t5-/m1/s1. The van der Waals surface area contributed by atoms with Gasteiger partial charge in [-0.15, -0.1) is 0 Å². The van der Waals surface area contributed by atoms with Crippen molar-refractivity contribution in [3.05, 3.63) is 0 Å². The summed E-state index contributed by atoms with van der Waals surface area (Å²) >= 11 is 0. The quantitative estimate of drug-likeness (QED) is 0.476. The van der Waals surface area contributed by atoms with Crippen molar-refractivity contribution in [3.8, 4) is 6.07 Å². The Labute approximate surface area is 44.4 Å². The Bertz CT molecular complexity index is 80.6. The molecule has 0 aliphatic rings. The van der Waals surface area contributed by atoms with Crippen LogP contribution in [0.5, 0.6) is 0 Å². The maximum Gasteiger partial charge on any atom is 0.0944 e. The molecule has 0 radical (unpaired) electrons. The molecular weight excluding hydrogens is 88.1 g/mol. The summed E-state index contributed by atoms with van der Waals surface area (Å²) in [7, 11) is 3.77. The van der Waals surface area contributed by atoms with Gasteiger partial charge in [0.1, 0.15) is 0 Å². The second-order valence-electron chi connectivity index (χ2n) is 1.77. The second-order valence-corrected chi connectivity index (χ2v) is 1.77. The Hall–Kier alpha value is -0.550. The van der Waals surface area contributed by atoms with Gasteiger partial charge in [-0.3, -0.25) is 4.90 Å². The van der Waals surface area contributed by atoms with E-state index in [4.69, 9.17) is 5.26 Å². The Morgan fingerprint density at radius 1 is 1.57 bits per heavy atom. The first-order valence-electron chi connectivity index (χ1n) is 2.24. The van der Waals surface area contributed by atoms with Crippen molar-refractivity contribution >= 4 is 0 Å². The molecule has 0 saturated carbocycles. The summed E-state index contributed by atoms with van der Waals surface area (Å²) in [5, 5.41) is 8.21. The van der Waals surface area contributed by atoms with Crippen LogP contribution in [0.1, 0.15) is 6.92 Å². The highest BCUT2D eigenvalue weighted by Gasteiger charge is 1.97. The minimum atomic E-state index is 0.0417. The highest BCUT2D eigenvalue weighted by Crippen LogP contribution is 1.84. The molecule has 0 aromatic carbocycles. The van der Waals surface area contributed by atoms with Gasteiger partial charge in [0.2, 0.25) is 0 Å². The molecule has 0 unspecified atom stereocenters. The summed E-state index contributed by atoms with van der Waals surface area (Å²) in [6.45, 7) is 1.86. The number of nitrogens with zero attached hydrogens (tertiary/aromatic N) is 2. The Balaban J connectivity index is 3.40. The van der Waals surface area contributed by atoms with Gasteiger partial charge in [0.15, 0.2) is 0 Å². The summed E-state index contributed by atoms with van der Waals surface area (Å²) in [5.41, 5.74) is 0. The SMILES string of the molecule is C[C@H](C#N)N(C)C. The number of rotatable bonds is 1. The maximum atomic E-state index is 8.21. The van der Waals surface area contributed by atoms with Gasteiger partial charge < -0.3 is 0 Å². The predicted molar refractivity (Wildman–Crippen MR) is 28.8 cm³/mol. The molecule has 0 saturated heterocycles. The fraction of sp³-hybridized carbons (Fsp3) is 0.800. The van der Waals surface area contributed by atoms with Crippen molar-refractivity contribution in [1.29, 1.82) is 5.26 Å². The minimum Gasteiger partial charge on any atom is -0.294 e. The Morgan fingerprint density at radius 2 is 2.00 bits per heavy atom. The summed E-state index contributed by atoms with van der Waals surface area (Å²) in [4.78, 5) is 1.86. The van der Waals surface area contributed by atoms with Crippen LogP contribution in [0.4, 0.5) is 0 Å². The molecule has 2 nitrogen and oxygen atoms in total. The molecular formula is C5H10N2. The molecule has 0 spiro atoms. The van der Waals surface area contributed by atoms with Crippen LogP contribution in [0.25, 0.3) is 0 Å². The van der Waals surface area contributed by atoms with E-state index in [-0.39, 0.29) is 6.04 Å². The topological polar surface area (TPSA) is 27.0 Å². The summed E-state index contributed by atoms with van der Waals surface area (Å²) in [6, 6.07) is 2.13. The van der Waals surface area contributed by atoms with E-state index in [2.05, 4.69) is 6.07 Å². The van der Waals surface area contributed by atoms with Gasteiger partial charge in [-0.1, -0.05) is 0 Å². The molecule has 0 fully saturated rings. The van der Waals surface area contributed by atoms with Gasteiger partial charge >= 0.3 is 0 Å². The third-order valence-corrected chi connectivity index (χ3v) is 0.961. The van der Waals surface area contributed by atoms with Gasteiger partial charge in [0.05, 0.1) is 12.1 Å². The van der Waals surface area contributed by atoms with Crippen LogP contribution in [0.2, 0.25) is 0 Å². The van der Waals surface area contributed by atoms with Crippen LogP contribution in [0, 0.1) is 11.3 Å². The van der Waals surface area contributed by atoms with Crippen LogP contribution in [0.3, 0.4) is 0 Å². The molecule has 0 aliphatic carbocycles. The third kappa shape index (κ3) is 2.18. The van der Waals surface area contributed by atoms with Crippen molar-refractivity contribution in [2.45, 2.75) is 13.0 Å². The molecule has 0 aromatic heterocycles. The van der Waals surface area contributed by atoms with Gasteiger partial charge in [-0.25, -0.2) is 0 Å². The van der Waals surface area contributed by atoms with E-state index in [0.29, 0.717) is 0 Å². The van der Waals surface area contributed by atoms with Crippen LogP contribution in [-0.2, 0) is 0 Å². The average molecular weight is 98.1 g/mol. The fourth-order valence-corrected chi connectivity index (χ4v) is 0.115. The average Bonchev–Trinajstić information content (AvgIpc) is 1.65. The lowest BCUT2D eigenvalue weighted by Crippen LogP contribution is -2.22. The lowest BCUT2D eigenvalue weighted by Gasteiger charge is -2.09. The van der Waals surface area contributed by atoms with E-state index in [1.54, 1.807) is 0 Å². The Kier molecular flexibility index (Phi) is 2.39. The highest BCUT2D eigenvalue weighted by atomic mass is 15.1. The van der Waals surface area contributed by atoms with Crippen LogP contribution < -0.4 is 0 Å². The Morgan fingerprint density at radius 3 is 2.00 bits per heavy atom.